The van der Waals surface area contributed by atoms with E-state index in [-0.39, 0.29) is 23.3 Å². The third-order valence-electron chi connectivity index (χ3n) is 4.73. The molecule has 9 heteroatoms. The van der Waals surface area contributed by atoms with E-state index in [2.05, 4.69) is 15.5 Å². The van der Waals surface area contributed by atoms with E-state index in [0.717, 1.165) is 25.7 Å². The number of halogens is 1. The Kier molecular flexibility index (Phi) is 7.79. The third kappa shape index (κ3) is 5.28. The normalized spacial score (nSPS) is 17.1. The van der Waals surface area contributed by atoms with Gasteiger partial charge in [0.05, 0.1) is 4.90 Å². The van der Waals surface area contributed by atoms with Gasteiger partial charge in [0.25, 0.3) is 5.89 Å². The Bertz CT molecular complexity index is 833. The van der Waals surface area contributed by atoms with Gasteiger partial charge in [0.1, 0.15) is 0 Å². The lowest BCUT2D eigenvalue weighted by molar-refractivity contribution is 0.417. The molecule has 0 bridgehead atoms. The Morgan fingerprint density at radius 2 is 1.93 bits per heavy atom. The van der Waals surface area contributed by atoms with E-state index in [0.29, 0.717) is 36.8 Å². The van der Waals surface area contributed by atoms with Gasteiger partial charge in [-0.15, -0.1) is 12.4 Å². The van der Waals surface area contributed by atoms with Crippen LogP contribution in [0.5, 0.6) is 0 Å². The van der Waals surface area contributed by atoms with Crippen molar-refractivity contribution >= 4 is 22.4 Å². The van der Waals surface area contributed by atoms with Gasteiger partial charge in [-0.3, -0.25) is 0 Å². The smallest absolute Gasteiger partial charge is 0.257 e. The Balaban J connectivity index is 0.00000261. The first kappa shape index (κ1) is 21.8. The molecule has 1 atom stereocenters. The standard InChI is InChI=1S/C18H26N4O3S.ClH/c1-14(19-2)12-17-20-18(25-21-17)15-8-7-9-16(13-15)26(23,24)22-10-5-3-4-6-11-22;/h7-9,13-14,19H,3-6,10-12H2,1-2H3;1H. The van der Waals surface area contributed by atoms with Crippen molar-refractivity contribution in [3.05, 3.63) is 30.1 Å². The van der Waals surface area contributed by atoms with Crippen LogP contribution in [0.4, 0.5) is 0 Å². The zero-order chi connectivity index (χ0) is 18.6. The van der Waals surface area contributed by atoms with Crippen LogP contribution in [0.25, 0.3) is 11.5 Å². The number of benzene rings is 1. The number of aromatic nitrogens is 2. The summed E-state index contributed by atoms with van der Waals surface area (Å²) in [7, 11) is -1.62. The number of sulfonamides is 1. The number of nitrogens with one attached hydrogen (secondary N) is 1. The van der Waals surface area contributed by atoms with E-state index < -0.39 is 10.0 Å². The summed E-state index contributed by atoms with van der Waals surface area (Å²) >= 11 is 0. The average Bonchev–Trinajstić information content (AvgIpc) is 2.93. The summed E-state index contributed by atoms with van der Waals surface area (Å²) in [6.07, 6.45) is 4.64. The van der Waals surface area contributed by atoms with Gasteiger partial charge in [-0.2, -0.15) is 9.29 Å². The highest BCUT2D eigenvalue weighted by atomic mass is 35.5. The second kappa shape index (κ2) is 9.64. The topological polar surface area (TPSA) is 88.3 Å². The second-order valence-electron chi connectivity index (χ2n) is 6.76. The van der Waals surface area contributed by atoms with Crippen molar-refractivity contribution in [1.82, 2.24) is 19.8 Å². The molecule has 2 aromatic rings. The summed E-state index contributed by atoms with van der Waals surface area (Å²) in [5.41, 5.74) is 0.622. The fourth-order valence-electron chi connectivity index (χ4n) is 3.05. The average molecular weight is 415 g/mol. The Hall–Kier alpha value is -1.48. The van der Waals surface area contributed by atoms with Crippen molar-refractivity contribution in [1.29, 1.82) is 0 Å². The van der Waals surface area contributed by atoms with E-state index in [1.807, 2.05) is 14.0 Å². The molecule has 1 aliphatic rings. The Morgan fingerprint density at radius 3 is 2.59 bits per heavy atom. The van der Waals surface area contributed by atoms with Gasteiger partial charge in [-0.25, -0.2) is 8.42 Å². The van der Waals surface area contributed by atoms with Crippen LogP contribution in [-0.2, 0) is 16.4 Å². The lowest BCUT2D eigenvalue weighted by Crippen LogP contribution is -2.31. The third-order valence-corrected chi connectivity index (χ3v) is 6.63. The molecule has 1 aromatic heterocycles. The molecule has 3 rings (SSSR count). The number of rotatable bonds is 6. The predicted octanol–water partition coefficient (Wildman–Crippen LogP) is 2.87. The maximum Gasteiger partial charge on any atom is 0.257 e. The molecule has 1 aromatic carbocycles. The van der Waals surface area contributed by atoms with Crippen LogP contribution in [0, 0.1) is 0 Å². The predicted molar refractivity (Wildman–Crippen MR) is 106 cm³/mol. The molecule has 0 saturated carbocycles. The molecule has 1 unspecified atom stereocenters. The highest BCUT2D eigenvalue weighted by Crippen LogP contribution is 2.25. The highest BCUT2D eigenvalue weighted by molar-refractivity contribution is 7.89. The first-order chi connectivity index (χ1) is 12.5. The molecule has 0 radical (unpaired) electrons. The largest absolute Gasteiger partial charge is 0.334 e. The van der Waals surface area contributed by atoms with Gasteiger partial charge < -0.3 is 9.84 Å². The molecular formula is C18H27ClN4O3S. The summed E-state index contributed by atoms with van der Waals surface area (Å²) in [5, 5.41) is 7.12. The molecule has 27 heavy (non-hydrogen) atoms. The summed E-state index contributed by atoms with van der Waals surface area (Å²) < 4.78 is 32.9. The van der Waals surface area contributed by atoms with Crippen molar-refractivity contribution in [3.63, 3.8) is 0 Å². The van der Waals surface area contributed by atoms with Crippen LogP contribution < -0.4 is 5.32 Å². The van der Waals surface area contributed by atoms with Gasteiger partial charge in [-0.1, -0.05) is 24.1 Å². The number of likely N-dealkylation sites (N-methyl/N-ethyl adjacent to an activating group) is 1. The second-order valence-corrected chi connectivity index (χ2v) is 8.69. The molecule has 150 valence electrons. The van der Waals surface area contributed by atoms with Gasteiger partial charge in [-0.05, 0) is 45.0 Å². The maximum absolute atomic E-state index is 13.0. The Labute approximate surface area is 167 Å². The van der Waals surface area contributed by atoms with Gasteiger partial charge in [0.15, 0.2) is 5.82 Å². The van der Waals surface area contributed by atoms with Crippen LogP contribution in [0.3, 0.4) is 0 Å². The summed E-state index contributed by atoms with van der Waals surface area (Å²) in [4.78, 5) is 4.67. The first-order valence-electron chi connectivity index (χ1n) is 9.11. The minimum atomic E-state index is -3.50. The quantitative estimate of drug-likeness (QED) is 0.781. The van der Waals surface area contributed by atoms with E-state index >= 15 is 0 Å². The zero-order valence-electron chi connectivity index (χ0n) is 15.7. The molecule has 0 amide bonds. The van der Waals surface area contributed by atoms with Gasteiger partial charge >= 0.3 is 0 Å². The molecule has 0 aliphatic carbocycles. The lowest BCUT2D eigenvalue weighted by Gasteiger charge is -2.20. The van der Waals surface area contributed by atoms with Crippen molar-refractivity contribution in [2.24, 2.45) is 0 Å². The van der Waals surface area contributed by atoms with Crippen LogP contribution in [0.2, 0.25) is 0 Å². The van der Waals surface area contributed by atoms with Crippen LogP contribution in [0.15, 0.2) is 33.7 Å². The number of hydrogen-bond donors (Lipinski definition) is 1. The van der Waals surface area contributed by atoms with Crippen LogP contribution >= 0.6 is 12.4 Å². The zero-order valence-corrected chi connectivity index (χ0v) is 17.4. The molecule has 0 spiro atoms. The van der Waals surface area contributed by atoms with E-state index in [1.165, 1.54) is 0 Å². The molecule has 1 fully saturated rings. The molecule has 1 saturated heterocycles. The van der Waals surface area contributed by atoms with E-state index in [1.54, 1.807) is 28.6 Å². The van der Waals surface area contributed by atoms with E-state index in [4.69, 9.17) is 4.52 Å². The molecule has 1 N–H and O–H groups in total. The molecular weight excluding hydrogens is 388 g/mol. The minimum Gasteiger partial charge on any atom is -0.334 e. The molecule has 2 heterocycles. The van der Waals surface area contributed by atoms with Crippen LogP contribution in [-0.4, -0.2) is 49.0 Å². The van der Waals surface area contributed by atoms with Crippen LogP contribution in [0.1, 0.15) is 38.4 Å². The summed E-state index contributed by atoms with van der Waals surface area (Å²) in [6.45, 7) is 3.20. The fourth-order valence-corrected chi connectivity index (χ4v) is 4.61. The number of nitrogens with zero attached hydrogens (tertiary/aromatic N) is 3. The minimum absolute atomic E-state index is 0. The monoisotopic (exact) mass is 414 g/mol. The van der Waals surface area contributed by atoms with Crippen molar-refractivity contribution in [2.45, 2.75) is 50.0 Å². The highest BCUT2D eigenvalue weighted by Gasteiger charge is 2.25. The van der Waals surface area contributed by atoms with Crippen molar-refractivity contribution in [2.75, 3.05) is 20.1 Å². The fraction of sp³-hybridized carbons (Fsp3) is 0.556. The molecule has 7 nitrogen and oxygen atoms in total. The summed E-state index contributed by atoms with van der Waals surface area (Å²) in [6, 6.07) is 7.00. The summed E-state index contributed by atoms with van der Waals surface area (Å²) in [5.74, 6) is 0.943. The van der Waals surface area contributed by atoms with Crippen molar-refractivity contribution < 1.29 is 12.9 Å². The van der Waals surface area contributed by atoms with Crippen molar-refractivity contribution in [3.8, 4) is 11.5 Å². The first-order valence-corrected chi connectivity index (χ1v) is 10.5. The van der Waals surface area contributed by atoms with Gasteiger partial charge in [0, 0.05) is 31.1 Å². The number of hydrogen-bond acceptors (Lipinski definition) is 6. The van der Waals surface area contributed by atoms with Gasteiger partial charge in [0.2, 0.25) is 10.0 Å². The maximum atomic E-state index is 13.0. The Morgan fingerprint density at radius 1 is 1.22 bits per heavy atom. The molecule has 1 aliphatic heterocycles. The van der Waals surface area contributed by atoms with E-state index in [9.17, 15) is 8.42 Å². The SMILES string of the molecule is CNC(C)Cc1noc(-c2cccc(S(=O)(=O)N3CCCCCC3)c2)n1.Cl. The lowest BCUT2D eigenvalue weighted by atomic mass is 10.2.